The predicted molar refractivity (Wildman–Crippen MR) is 88.7 cm³/mol. The summed E-state index contributed by atoms with van der Waals surface area (Å²) in [6.45, 7) is 9.86. The SMILES string of the molecule is CCCNC(CCc1ccco1)c1cc(C)c(C)cc1C. The van der Waals surface area contributed by atoms with E-state index in [1.54, 1.807) is 6.26 Å². The summed E-state index contributed by atoms with van der Waals surface area (Å²) in [5.74, 6) is 1.07. The van der Waals surface area contributed by atoms with Crippen LogP contribution >= 0.6 is 0 Å². The van der Waals surface area contributed by atoms with Gasteiger partial charge in [0.1, 0.15) is 5.76 Å². The van der Waals surface area contributed by atoms with Crippen LogP contribution in [-0.4, -0.2) is 6.54 Å². The minimum Gasteiger partial charge on any atom is -0.469 e. The molecule has 2 rings (SSSR count). The van der Waals surface area contributed by atoms with Gasteiger partial charge < -0.3 is 9.73 Å². The molecule has 21 heavy (non-hydrogen) atoms. The van der Waals surface area contributed by atoms with Crippen LogP contribution in [0.2, 0.25) is 0 Å². The molecule has 1 N–H and O–H groups in total. The van der Waals surface area contributed by atoms with Crippen LogP contribution in [0, 0.1) is 20.8 Å². The molecule has 0 fully saturated rings. The minimum absolute atomic E-state index is 0.398. The third kappa shape index (κ3) is 4.21. The molecular weight excluding hydrogens is 258 g/mol. The molecule has 2 heteroatoms. The van der Waals surface area contributed by atoms with Crippen molar-refractivity contribution in [2.75, 3.05) is 6.54 Å². The van der Waals surface area contributed by atoms with Crippen molar-refractivity contribution in [3.05, 3.63) is 58.5 Å². The number of aryl methyl sites for hydroxylation is 4. The van der Waals surface area contributed by atoms with E-state index in [9.17, 15) is 0 Å². The average molecular weight is 285 g/mol. The average Bonchev–Trinajstić information content (AvgIpc) is 2.97. The van der Waals surface area contributed by atoms with Crippen LogP contribution in [0.4, 0.5) is 0 Å². The zero-order valence-corrected chi connectivity index (χ0v) is 13.7. The number of hydrogen-bond acceptors (Lipinski definition) is 2. The van der Waals surface area contributed by atoms with Crippen LogP contribution in [0.5, 0.6) is 0 Å². The van der Waals surface area contributed by atoms with Crippen molar-refractivity contribution < 1.29 is 4.42 Å². The highest BCUT2D eigenvalue weighted by Crippen LogP contribution is 2.25. The Morgan fingerprint density at radius 3 is 2.52 bits per heavy atom. The molecule has 0 aliphatic carbocycles. The van der Waals surface area contributed by atoms with E-state index in [0.717, 1.165) is 31.6 Å². The van der Waals surface area contributed by atoms with Gasteiger partial charge in [-0.2, -0.15) is 0 Å². The molecule has 2 aromatic rings. The smallest absolute Gasteiger partial charge is 0.103 e. The van der Waals surface area contributed by atoms with Gasteiger partial charge in [-0.1, -0.05) is 19.1 Å². The van der Waals surface area contributed by atoms with Gasteiger partial charge in [0.25, 0.3) is 0 Å². The van der Waals surface area contributed by atoms with Crippen LogP contribution < -0.4 is 5.32 Å². The second-order valence-corrected chi connectivity index (χ2v) is 5.92. The first kappa shape index (κ1) is 15.8. The highest BCUT2D eigenvalue weighted by molar-refractivity contribution is 5.38. The summed E-state index contributed by atoms with van der Waals surface area (Å²) in [6, 6.07) is 9.07. The summed E-state index contributed by atoms with van der Waals surface area (Å²) >= 11 is 0. The van der Waals surface area contributed by atoms with E-state index in [1.807, 2.05) is 6.07 Å². The number of hydrogen-bond donors (Lipinski definition) is 1. The van der Waals surface area contributed by atoms with Crippen molar-refractivity contribution in [1.82, 2.24) is 5.32 Å². The van der Waals surface area contributed by atoms with E-state index >= 15 is 0 Å². The Morgan fingerprint density at radius 1 is 1.10 bits per heavy atom. The number of nitrogens with one attached hydrogen (secondary N) is 1. The number of rotatable bonds is 7. The van der Waals surface area contributed by atoms with Gasteiger partial charge in [0, 0.05) is 12.5 Å². The highest BCUT2D eigenvalue weighted by Gasteiger charge is 2.15. The lowest BCUT2D eigenvalue weighted by Gasteiger charge is -2.22. The van der Waals surface area contributed by atoms with Crippen LogP contribution in [0.25, 0.3) is 0 Å². The zero-order chi connectivity index (χ0) is 15.2. The maximum absolute atomic E-state index is 5.47. The molecule has 0 bridgehead atoms. The van der Waals surface area contributed by atoms with Gasteiger partial charge in [-0.3, -0.25) is 0 Å². The molecule has 1 unspecified atom stereocenters. The lowest BCUT2D eigenvalue weighted by Crippen LogP contribution is -2.23. The molecule has 0 aliphatic rings. The van der Waals surface area contributed by atoms with Gasteiger partial charge in [-0.05, 0) is 74.5 Å². The first-order valence-electron chi connectivity index (χ1n) is 7.95. The highest BCUT2D eigenvalue weighted by atomic mass is 16.3. The number of furan rings is 1. The third-order valence-electron chi connectivity index (χ3n) is 4.16. The summed E-state index contributed by atoms with van der Waals surface area (Å²) < 4.78 is 5.47. The Balaban J connectivity index is 2.16. The molecule has 0 saturated heterocycles. The fourth-order valence-electron chi connectivity index (χ4n) is 2.79. The van der Waals surface area contributed by atoms with E-state index in [0.29, 0.717) is 6.04 Å². The molecule has 2 nitrogen and oxygen atoms in total. The van der Waals surface area contributed by atoms with E-state index in [4.69, 9.17) is 4.42 Å². The van der Waals surface area contributed by atoms with Crippen molar-refractivity contribution in [1.29, 1.82) is 0 Å². The number of benzene rings is 1. The summed E-state index contributed by atoms with van der Waals surface area (Å²) in [7, 11) is 0. The zero-order valence-electron chi connectivity index (χ0n) is 13.7. The van der Waals surface area contributed by atoms with Crippen LogP contribution in [-0.2, 0) is 6.42 Å². The van der Waals surface area contributed by atoms with Gasteiger partial charge in [-0.15, -0.1) is 0 Å². The van der Waals surface area contributed by atoms with Crippen molar-refractivity contribution in [2.45, 2.75) is 53.0 Å². The molecule has 0 spiro atoms. The molecule has 114 valence electrons. The minimum atomic E-state index is 0.398. The largest absolute Gasteiger partial charge is 0.469 e. The topological polar surface area (TPSA) is 25.2 Å². The first-order chi connectivity index (χ1) is 10.1. The van der Waals surface area contributed by atoms with E-state index in [2.05, 4.69) is 51.2 Å². The first-order valence-corrected chi connectivity index (χ1v) is 7.95. The molecule has 0 amide bonds. The van der Waals surface area contributed by atoms with Crippen molar-refractivity contribution in [3.8, 4) is 0 Å². The van der Waals surface area contributed by atoms with Gasteiger partial charge in [0.2, 0.25) is 0 Å². The Bertz CT molecular complexity index is 557. The van der Waals surface area contributed by atoms with Gasteiger partial charge in [0.05, 0.1) is 6.26 Å². The second-order valence-electron chi connectivity index (χ2n) is 5.92. The second kappa shape index (κ2) is 7.46. The Labute approximate surface area is 128 Å². The third-order valence-corrected chi connectivity index (χ3v) is 4.16. The summed E-state index contributed by atoms with van der Waals surface area (Å²) in [5.41, 5.74) is 5.55. The van der Waals surface area contributed by atoms with Gasteiger partial charge >= 0.3 is 0 Å². The van der Waals surface area contributed by atoms with Crippen molar-refractivity contribution in [2.24, 2.45) is 0 Å². The molecule has 1 aromatic heterocycles. The fraction of sp³-hybridized carbons (Fsp3) is 0.474. The molecule has 1 atom stereocenters. The maximum atomic E-state index is 5.47. The van der Waals surface area contributed by atoms with Crippen LogP contribution in [0.3, 0.4) is 0 Å². The Hall–Kier alpha value is -1.54. The normalized spacial score (nSPS) is 12.6. The summed E-state index contributed by atoms with van der Waals surface area (Å²) in [5, 5.41) is 3.69. The summed E-state index contributed by atoms with van der Waals surface area (Å²) in [4.78, 5) is 0. The molecule has 0 aliphatic heterocycles. The molecule has 0 radical (unpaired) electrons. The van der Waals surface area contributed by atoms with Gasteiger partial charge in [-0.25, -0.2) is 0 Å². The van der Waals surface area contributed by atoms with Crippen LogP contribution in [0.15, 0.2) is 34.9 Å². The van der Waals surface area contributed by atoms with Gasteiger partial charge in [0.15, 0.2) is 0 Å². The fourth-order valence-corrected chi connectivity index (χ4v) is 2.79. The molecule has 1 aromatic carbocycles. The van der Waals surface area contributed by atoms with Crippen molar-refractivity contribution >= 4 is 0 Å². The Morgan fingerprint density at radius 2 is 1.86 bits per heavy atom. The molecular formula is C19H27NO. The van der Waals surface area contributed by atoms with Crippen molar-refractivity contribution in [3.63, 3.8) is 0 Å². The quantitative estimate of drug-likeness (QED) is 0.784. The summed E-state index contributed by atoms with van der Waals surface area (Å²) in [6.07, 6.45) is 4.95. The van der Waals surface area contributed by atoms with E-state index < -0.39 is 0 Å². The van der Waals surface area contributed by atoms with E-state index in [-0.39, 0.29) is 0 Å². The monoisotopic (exact) mass is 285 g/mol. The predicted octanol–water partition coefficient (Wildman–Crippen LogP) is 4.88. The molecule has 1 heterocycles. The Kier molecular flexibility index (Phi) is 5.63. The lowest BCUT2D eigenvalue weighted by molar-refractivity contribution is 0.451. The maximum Gasteiger partial charge on any atom is 0.103 e. The molecule has 0 saturated carbocycles. The lowest BCUT2D eigenvalue weighted by atomic mass is 9.93. The van der Waals surface area contributed by atoms with E-state index in [1.165, 1.54) is 22.3 Å². The van der Waals surface area contributed by atoms with Crippen LogP contribution in [0.1, 0.15) is 53.8 Å². The standard InChI is InChI=1S/C19H27NO/c1-5-10-20-19(9-8-17-7-6-11-21-17)18-13-15(3)14(2)12-16(18)4/h6-7,11-13,19-20H,5,8-10H2,1-4H3.